The van der Waals surface area contributed by atoms with E-state index in [9.17, 15) is 4.79 Å². The predicted octanol–water partition coefficient (Wildman–Crippen LogP) is 2.57. The number of rotatable bonds is 12. The number of nitrogens with one attached hydrogen (secondary N) is 1. The van der Waals surface area contributed by atoms with Gasteiger partial charge in [0, 0.05) is 32.3 Å². The second-order valence-electron chi connectivity index (χ2n) is 7.26. The number of hydrogen-bond acceptors (Lipinski definition) is 3. The standard InChI is InChI=1S/C23H38N2O2/c1-7-10-19(8-2)17-25(5)15-13-21-18(4)11-12-22(20(21)9-3)23(26)24-14-16-27-6/h11-13,19H,4,7-10,14-17H2,1-3,5-6H3,(H,24,26)/b21-13+. The van der Waals surface area contributed by atoms with Crippen molar-refractivity contribution >= 4 is 18.6 Å². The minimum Gasteiger partial charge on any atom is -0.383 e. The molecule has 0 spiro atoms. The number of hydrogen-bond donors (Lipinski definition) is 1. The van der Waals surface area contributed by atoms with Gasteiger partial charge in [-0.2, -0.15) is 0 Å². The lowest BCUT2D eigenvalue weighted by atomic mass is 9.99. The van der Waals surface area contributed by atoms with Crippen LogP contribution in [0, 0.1) is 5.92 Å². The van der Waals surface area contributed by atoms with Crippen molar-refractivity contribution in [2.24, 2.45) is 5.92 Å². The van der Waals surface area contributed by atoms with Crippen molar-refractivity contribution in [3.8, 4) is 0 Å². The Hall–Kier alpha value is -1.65. The zero-order valence-corrected chi connectivity index (χ0v) is 17.9. The normalized spacial score (nSPS) is 13.2. The molecule has 0 fully saturated rings. The first-order chi connectivity index (χ1) is 13.0. The molecule has 0 bridgehead atoms. The van der Waals surface area contributed by atoms with Gasteiger partial charge in [-0.1, -0.05) is 52.3 Å². The molecule has 0 aromatic heterocycles. The third kappa shape index (κ3) is 7.47. The van der Waals surface area contributed by atoms with Gasteiger partial charge in [-0.15, -0.1) is 0 Å². The lowest BCUT2D eigenvalue weighted by Crippen LogP contribution is -2.35. The minimum absolute atomic E-state index is 0.0408. The van der Waals surface area contributed by atoms with E-state index >= 15 is 0 Å². The molecule has 4 nitrogen and oxygen atoms in total. The molecule has 1 amide bonds. The van der Waals surface area contributed by atoms with Gasteiger partial charge in [0.15, 0.2) is 0 Å². The van der Waals surface area contributed by atoms with Gasteiger partial charge in [0.05, 0.1) is 6.61 Å². The van der Waals surface area contributed by atoms with Gasteiger partial charge in [-0.25, -0.2) is 0 Å². The summed E-state index contributed by atoms with van der Waals surface area (Å²) in [6.45, 7) is 13.8. The first kappa shape index (κ1) is 23.4. The highest BCUT2D eigenvalue weighted by Gasteiger charge is 2.12. The molecule has 1 atom stereocenters. The summed E-state index contributed by atoms with van der Waals surface area (Å²) >= 11 is 0. The summed E-state index contributed by atoms with van der Waals surface area (Å²) in [5, 5.41) is 5.01. The fourth-order valence-corrected chi connectivity index (χ4v) is 3.52. The molecule has 0 aliphatic rings. The summed E-state index contributed by atoms with van der Waals surface area (Å²) in [7, 11) is 3.80. The fourth-order valence-electron chi connectivity index (χ4n) is 3.52. The number of ether oxygens (including phenoxy) is 1. The highest BCUT2D eigenvalue weighted by atomic mass is 16.5. The molecule has 1 rings (SSSR count). The van der Waals surface area contributed by atoms with Gasteiger partial charge in [-0.05, 0) is 47.9 Å². The van der Waals surface area contributed by atoms with Crippen LogP contribution in [0.25, 0.3) is 12.7 Å². The molecule has 1 N–H and O–H groups in total. The first-order valence-corrected chi connectivity index (χ1v) is 10.2. The molecule has 0 saturated heterocycles. The average molecular weight is 375 g/mol. The van der Waals surface area contributed by atoms with Crippen molar-refractivity contribution in [3.63, 3.8) is 0 Å². The predicted molar refractivity (Wildman–Crippen MR) is 115 cm³/mol. The Balaban J connectivity index is 3.01. The van der Waals surface area contributed by atoms with E-state index in [1.54, 1.807) is 7.11 Å². The Morgan fingerprint density at radius 3 is 2.67 bits per heavy atom. The first-order valence-electron chi connectivity index (χ1n) is 10.2. The van der Waals surface area contributed by atoms with Crippen molar-refractivity contribution in [2.45, 2.75) is 46.5 Å². The SMILES string of the molecule is C=c1ccc(C(=O)NCCOC)c(CC)/c1=C/CN(C)CC(CC)CCC. The Morgan fingerprint density at radius 2 is 2.07 bits per heavy atom. The molecular formula is C23H38N2O2. The fraction of sp³-hybridized carbons (Fsp3) is 0.609. The molecule has 1 unspecified atom stereocenters. The summed E-state index contributed by atoms with van der Waals surface area (Å²) in [5.41, 5.74) is 1.82. The van der Waals surface area contributed by atoms with Gasteiger partial charge in [0.25, 0.3) is 5.91 Å². The van der Waals surface area contributed by atoms with Crippen LogP contribution in [0.1, 0.15) is 56.0 Å². The van der Waals surface area contributed by atoms with Crippen LogP contribution in [-0.4, -0.2) is 51.2 Å². The third-order valence-electron chi connectivity index (χ3n) is 5.09. The summed E-state index contributed by atoms with van der Waals surface area (Å²) in [6.07, 6.45) is 6.76. The van der Waals surface area contributed by atoms with E-state index in [0.717, 1.165) is 47.0 Å². The van der Waals surface area contributed by atoms with E-state index in [-0.39, 0.29) is 5.91 Å². The summed E-state index contributed by atoms with van der Waals surface area (Å²) in [6, 6.07) is 3.83. The third-order valence-corrected chi connectivity index (χ3v) is 5.09. The monoisotopic (exact) mass is 374 g/mol. The van der Waals surface area contributed by atoms with Crippen LogP contribution in [0.15, 0.2) is 12.1 Å². The van der Waals surface area contributed by atoms with Gasteiger partial charge in [-0.3, -0.25) is 4.79 Å². The van der Waals surface area contributed by atoms with Crippen LogP contribution < -0.4 is 15.8 Å². The number of methoxy groups -OCH3 is 1. The topological polar surface area (TPSA) is 41.6 Å². The maximum atomic E-state index is 12.5. The van der Waals surface area contributed by atoms with E-state index < -0.39 is 0 Å². The molecule has 4 heteroatoms. The Morgan fingerprint density at radius 1 is 1.33 bits per heavy atom. The zero-order valence-electron chi connectivity index (χ0n) is 17.9. The van der Waals surface area contributed by atoms with Crippen LogP contribution >= 0.6 is 0 Å². The minimum atomic E-state index is -0.0408. The molecular weight excluding hydrogens is 336 g/mol. The molecule has 0 heterocycles. The van der Waals surface area contributed by atoms with Crippen LogP contribution in [0.3, 0.4) is 0 Å². The van der Waals surface area contributed by atoms with Crippen molar-refractivity contribution in [2.75, 3.05) is 40.4 Å². The molecule has 27 heavy (non-hydrogen) atoms. The number of carbonyl (C=O) groups is 1. The Bertz CT molecular complexity index is 684. The van der Waals surface area contributed by atoms with E-state index in [2.05, 4.69) is 50.7 Å². The van der Waals surface area contributed by atoms with Gasteiger partial charge >= 0.3 is 0 Å². The van der Waals surface area contributed by atoms with E-state index in [1.165, 1.54) is 19.3 Å². The second kappa shape index (κ2) is 12.7. The Kier molecular flexibility index (Phi) is 11.0. The van der Waals surface area contributed by atoms with Crippen LogP contribution in [0.2, 0.25) is 0 Å². The van der Waals surface area contributed by atoms with Crippen molar-refractivity contribution < 1.29 is 9.53 Å². The Labute approximate surface area is 165 Å². The highest BCUT2D eigenvalue weighted by molar-refractivity contribution is 5.95. The van der Waals surface area contributed by atoms with E-state index in [4.69, 9.17) is 4.74 Å². The smallest absolute Gasteiger partial charge is 0.251 e. The summed E-state index contributed by atoms with van der Waals surface area (Å²) in [5.74, 6) is 0.706. The van der Waals surface area contributed by atoms with Crippen LogP contribution in [0.4, 0.5) is 0 Å². The second-order valence-corrected chi connectivity index (χ2v) is 7.26. The lowest BCUT2D eigenvalue weighted by molar-refractivity contribution is 0.0936. The number of amides is 1. The van der Waals surface area contributed by atoms with Crippen molar-refractivity contribution in [1.29, 1.82) is 0 Å². The molecule has 0 aliphatic heterocycles. The molecule has 1 aromatic carbocycles. The van der Waals surface area contributed by atoms with Crippen LogP contribution in [-0.2, 0) is 11.2 Å². The lowest BCUT2D eigenvalue weighted by Gasteiger charge is -2.21. The summed E-state index contributed by atoms with van der Waals surface area (Å²) < 4.78 is 5.01. The summed E-state index contributed by atoms with van der Waals surface area (Å²) in [4.78, 5) is 14.9. The van der Waals surface area contributed by atoms with Gasteiger partial charge < -0.3 is 15.0 Å². The molecule has 1 aromatic rings. The number of benzene rings is 1. The average Bonchev–Trinajstić information content (AvgIpc) is 2.66. The van der Waals surface area contributed by atoms with Gasteiger partial charge in [0.1, 0.15) is 0 Å². The van der Waals surface area contributed by atoms with Gasteiger partial charge in [0.2, 0.25) is 0 Å². The molecule has 0 aliphatic carbocycles. The maximum Gasteiger partial charge on any atom is 0.251 e. The molecule has 0 radical (unpaired) electrons. The number of carbonyl (C=O) groups excluding carboxylic acids is 1. The van der Waals surface area contributed by atoms with E-state index in [1.807, 2.05) is 12.1 Å². The van der Waals surface area contributed by atoms with Crippen LogP contribution in [0.5, 0.6) is 0 Å². The zero-order chi connectivity index (χ0) is 20.2. The molecule has 152 valence electrons. The number of nitrogens with zero attached hydrogens (tertiary/aromatic N) is 1. The quantitative estimate of drug-likeness (QED) is 0.572. The molecule has 0 saturated carbocycles. The highest BCUT2D eigenvalue weighted by Crippen LogP contribution is 2.11. The van der Waals surface area contributed by atoms with Crippen molar-refractivity contribution in [1.82, 2.24) is 10.2 Å². The van der Waals surface area contributed by atoms with Crippen molar-refractivity contribution in [3.05, 3.63) is 33.7 Å². The van der Waals surface area contributed by atoms with E-state index in [0.29, 0.717) is 13.2 Å². The largest absolute Gasteiger partial charge is 0.383 e. The maximum absolute atomic E-state index is 12.5.